The number of aryl methyl sites for hydroxylation is 1. The molecule has 0 spiro atoms. The molecule has 0 amide bonds. The molecule has 1 aromatic heterocycles. The van der Waals surface area contributed by atoms with Gasteiger partial charge in [-0.15, -0.1) is 0 Å². The molecular formula is C13H16BrN3O. The average molecular weight is 310 g/mol. The number of ether oxygens (including phenoxy) is 1. The van der Waals surface area contributed by atoms with Gasteiger partial charge in [0, 0.05) is 23.5 Å². The molecule has 0 aliphatic heterocycles. The van der Waals surface area contributed by atoms with E-state index in [2.05, 4.69) is 27.1 Å². The van der Waals surface area contributed by atoms with E-state index in [0.29, 0.717) is 6.54 Å². The first kappa shape index (κ1) is 13.1. The lowest BCUT2D eigenvalue weighted by Gasteiger charge is -2.08. The Morgan fingerprint density at radius 2 is 2.17 bits per heavy atom. The average Bonchev–Trinajstić information content (AvgIpc) is 2.70. The topological polar surface area (TPSA) is 53.1 Å². The van der Waals surface area contributed by atoms with E-state index in [1.165, 1.54) is 0 Å². The summed E-state index contributed by atoms with van der Waals surface area (Å²) >= 11 is 3.48. The fourth-order valence-electron chi connectivity index (χ4n) is 1.93. The summed E-state index contributed by atoms with van der Waals surface area (Å²) in [5, 5.41) is 4.45. The van der Waals surface area contributed by atoms with Gasteiger partial charge in [-0.3, -0.25) is 4.68 Å². The van der Waals surface area contributed by atoms with Crippen LogP contribution in [-0.2, 0) is 13.5 Å². The summed E-state index contributed by atoms with van der Waals surface area (Å²) < 4.78 is 8.26. The van der Waals surface area contributed by atoms with Crippen molar-refractivity contribution in [2.24, 2.45) is 12.8 Å². The van der Waals surface area contributed by atoms with Gasteiger partial charge in [0.15, 0.2) is 0 Å². The van der Waals surface area contributed by atoms with Crippen LogP contribution >= 0.6 is 15.9 Å². The molecule has 1 heterocycles. The molecule has 96 valence electrons. The van der Waals surface area contributed by atoms with E-state index in [1.54, 1.807) is 7.11 Å². The molecule has 0 saturated heterocycles. The number of hydrogen-bond donors (Lipinski definition) is 1. The minimum atomic E-state index is 0.603. The lowest BCUT2D eigenvalue weighted by Crippen LogP contribution is -2.03. The number of rotatable bonds is 4. The zero-order valence-electron chi connectivity index (χ0n) is 10.5. The minimum absolute atomic E-state index is 0.603. The standard InChI is InChI=1S/C13H16BrN3O/c1-17-12(8-10(16-17)5-6-15)11-7-9(14)3-4-13(11)18-2/h3-4,7-8H,5-6,15H2,1-2H3. The summed E-state index contributed by atoms with van der Waals surface area (Å²) in [5.41, 5.74) is 8.60. The molecule has 4 nitrogen and oxygen atoms in total. The first-order valence-corrected chi connectivity index (χ1v) is 6.52. The van der Waals surface area contributed by atoms with Gasteiger partial charge in [0.25, 0.3) is 0 Å². The highest BCUT2D eigenvalue weighted by Crippen LogP contribution is 2.32. The molecule has 0 bridgehead atoms. The van der Waals surface area contributed by atoms with Crippen molar-refractivity contribution in [2.75, 3.05) is 13.7 Å². The maximum atomic E-state index is 5.56. The van der Waals surface area contributed by atoms with Gasteiger partial charge in [-0.1, -0.05) is 15.9 Å². The van der Waals surface area contributed by atoms with Crippen LogP contribution < -0.4 is 10.5 Å². The predicted molar refractivity (Wildman–Crippen MR) is 75.7 cm³/mol. The summed E-state index contributed by atoms with van der Waals surface area (Å²) in [6.45, 7) is 0.603. The molecule has 0 unspecified atom stereocenters. The monoisotopic (exact) mass is 309 g/mol. The van der Waals surface area contributed by atoms with Crippen molar-refractivity contribution < 1.29 is 4.74 Å². The Morgan fingerprint density at radius 3 is 2.83 bits per heavy atom. The van der Waals surface area contributed by atoms with Crippen molar-refractivity contribution in [2.45, 2.75) is 6.42 Å². The van der Waals surface area contributed by atoms with Gasteiger partial charge in [-0.2, -0.15) is 5.10 Å². The molecule has 0 aliphatic rings. The van der Waals surface area contributed by atoms with Crippen LogP contribution in [0.3, 0.4) is 0 Å². The molecule has 18 heavy (non-hydrogen) atoms. The third kappa shape index (κ3) is 2.57. The first-order chi connectivity index (χ1) is 8.65. The Kier molecular flexibility index (Phi) is 4.04. The Bertz CT molecular complexity index is 551. The molecule has 2 aromatic rings. The van der Waals surface area contributed by atoms with Crippen molar-refractivity contribution >= 4 is 15.9 Å². The number of methoxy groups -OCH3 is 1. The number of benzene rings is 1. The molecule has 0 atom stereocenters. The van der Waals surface area contributed by atoms with Crippen LogP contribution in [0.5, 0.6) is 5.75 Å². The van der Waals surface area contributed by atoms with Crippen molar-refractivity contribution in [3.63, 3.8) is 0 Å². The highest BCUT2D eigenvalue weighted by Gasteiger charge is 2.12. The van der Waals surface area contributed by atoms with Gasteiger partial charge in [0.2, 0.25) is 0 Å². The predicted octanol–water partition coefficient (Wildman–Crippen LogP) is 2.36. The van der Waals surface area contributed by atoms with Crippen molar-refractivity contribution in [1.82, 2.24) is 9.78 Å². The fourth-order valence-corrected chi connectivity index (χ4v) is 2.29. The summed E-state index contributed by atoms with van der Waals surface area (Å²) in [5.74, 6) is 0.834. The number of hydrogen-bond acceptors (Lipinski definition) is 3. The molecule has 0 fully saturated rings. The second-order valence-corrected chi connectivity index (χ2v) is 4.94. The van der Waals surface area contributed by atoms with E-state index in [0.717, 1.165) is 33.6 Å². The van der Waals surface area contributed by atoms with Crippen LogP contribution in [0, 0.1) is 0 Å². The Labute approximate surface area is 115 Å². The summed E-state index contributed by atoms with van der Waals surface area (Å²) in [6.07, 6.45) is 0.782. The van der Waals surface area contributed by atoms with Gasteiger partial charge < -0.3 is 10.5 Å². The Morgan fingerprint density at radius 1 is 1.39 bits per heavy atom. The van der Waals surface area contributed by atoms with Crippen LogP contribution in [-0.4, -0.2) is 23.4 Å². The zero-order chi connectivity index (χ0) is 13.1. The summed E-state index contributed by atoms with van der Waals surface area (Å²) in [7, 11) is 3.60. The Hall–Kier alpha value is -1.33. The van der Waals surface area contributed by atoms with Crippen LogP contribution in [0.15, 0.2) is 28.7 Å². The fraction of sp³-hybridized carbons (Fsp3) is 0.308. The van der Waals surface area contributed by atoms with Gasteiger partial charge in [0.05, 0.1) is 18.5 Å². The number of halogens is 1. The third-order valence-electron chi connectivity index (χ3n) is 2.77. The van der Waals surface area contributed by atoms with E-state index >= 15 is 0 Å². The number of nitrogens with zero attached hydrogens (tertiary/aromatic N) is 2. The van der Waals surface area contributed by atoms with E-state index in [1.807, 2.05) is 29.9 Å². The minimum Gasteiger partial charge on any atom is -0.496 e. The maximum absolute atomic E-state index is 5.56. The largest absolute Gasteiger partial charge is 0.496 e. The Balaban J connectivity index is 2.50. The molecule has 0 radical (unpaired) electrons. The zero-order valence-corrected chi connectivity index (χ0v) is 12.1. The molecule has 5 heteroatoms. The molecule has 2 N–H and O–H groups in total. The summed E-state index contributed by atoms with van der Waals surface area (Å²) in [6, 6.07) is 7.98. The van der Waals surface area contributed by atoms with Crippen molar-refractivity contribution in [3.8, 4) is 17.0 Å². The smallest absolute Gasteiger partial charge is 0.128 e. The van der Waals surface area contributed by atoms with Gasteiger partial charge in [-0.25, -0.2) is 0 Å². The van der Waals surface area contributed by atoms with Crippen LogP contribution in [0.2, 0.25) is 0 Å². The van der Waals surface area contributed by atoms with Crippen molar-refractivity contribution in [3.05, 3.63) is 34.4 Å². The van der Waals surface area contributed by atoms with Gasteiger partial charge >= 0.3 is 0 Å². The summed E-state index contributed by atoms with van der Waals surface area (Å²) in [4.78, 5) is 0. The van der Waals surface area contributed by atoms with E-state index in [9.17, 15) is 0 Å². The lowest BCUT2D eigenvalue weighted by atomic mass is 10.1. The number of nitrogens with two attached hydrogens (primary N) is 1. The molecule has 1 aromatic carbocycles. The molecule has 0 aliphatic carbocycles. The highest BCUT2D eigenvalue weighted by molar-refractivity contribution is 9.10. The molecular weight excluding hydrogens is 294 g/mol. The first-order valence-electron chi connectivity index (χ1n) is 5.72. The second kappa shape index (κ2) is 5.54. The van der Waals surface area contributed by atoms with Crippen molar-refractivity contribution in [1.29, 1.82) is 0 Å². The second-order valence-electron chi connectivity index (χ2n) is 4.03. The SMILES string of the molecule is COc1ccc(Br)cc1-c1cc(CCN)nn1C. The van der Waals surface area contributed by atoms with Crippen LogP contribution in [0.1, 0.15) is 5.69 Å². The van der Waals surface area contributed by atoms with E-state index < -0.39 is 0 Å². The van der Waals surface area contributed by atoms with E-state index in [4.69, 9.17) is 10.5 Å². The quantitative estimate of drug-likeness (QED) is 0.943. The highest BCUT2D eigenvalue weighted by atomic mass is 79.9. The number of aromatic nitrogens is 2. The molecule has 2 rings (SSSR count). The maximum Gasteiger partial charge on any atom is 0.128 e. The van der Waals surface area contributed by atoms with Crippen LogP contribution in [0.4, 0.5) is 0 Å². The molecule has 0 saturated carbocycles. The van der Waals surface area contributed by atoms with E-state index in [-0.39, 0.29) is 0 Å². The van der Waals surface area contributed by atoms with Gasteiger partial charge in [-0.05, 0) is 30.8 Å². The lowest BCUT2D eigenvalue weighted by molar-refractivity contribution is 0.416. The third-order valence-corrected chi connectivity index (χ3v) is 3.26. The normalized spacial score (nSPS) is 10.7. The van der Waals surface area contributed by atoms with Gasteiger partial charge in [0.1, 0.15) is 5.75 Å². The van der Waals surface area contributed by atoms with Crippen LogP contribution in [0.25, 0.3) is 11.3 Å².